The van der Waals surface area contributed by atoms with Crippen molar-refractivity contribution in [2.45, 2.75) is 51.6 Å². The van der Waals surface area contributed by atoms with Gasteiger partial charge >= 0.3 is 0 Å². The Hall–Kier alpha value is -1.79. The summed E-state index contributed by atoms with van der Waals surface area (Å²) in [5.74, 6) is 0.871. The molecule has 166 valence electrons. The van der Waals surface area contributed by atoms with Gasteiger partial charge in [0.15, 0.2) is 0 Å². The van der Waals surface area contributed by atoms with Crippen LogP contribution in [-0.2, 0) is 9.59 Å². The first kappa shape index (κ1) is 22.9. The van der Waals surface area contributed by atoms with E-state index in [-0.39, 0.29) is 30.1 Å². The molecule has 7 heteroatoms. The number of para-hydroxylation sites is 2. The van der Waals surface area contributed by atoms with Crippen molar-refractivity contribution in [3.8, 4) is 5.75 Å². The molecule has 1 unspecified atom stereocenters. The molecule has 2 saturated heterocycles. The summed E-state index contributed by atoms with van der Waals surface area (Å²) in [6, 6.07) is 8.43. The molecule has 0 aromatic heterocycles. The predicted octanol–water partition coefficient (Wildman–Crippen LogP) is 3.34. The highest BCUT2D eigenvalue weighted by molar-refractivity contribution is 6.03. The van der Waals surface area contributed by atoms with Gasteiger partial charge in [-0.15, -0.1) is 12.4 Å². The third-order valence-corrected chi connectivity index (χ3v) is 6.50. The van der Waals surface area contributed by atoms with Gasteiger partial charge in [0.2, 0.25) is 11.8 Å². The van der Waals surface area contributed by atoms with E-state index in [2.05, 4.69) is 34.1 Å². The van der Waals surface area contributed by atoms with Gasteiger partial charge in [-0.05, 0) is 50.8 Å². The van der Waals surface area contributed by atoms with Gasteiger partial charge in [-0.1, -0.05) is 19.1 Å². The first-order chi connectivity index (χ1) is 14.1. The highest BCUT2D eigenvalue weighted by Crippen LogP contribution is 2.32. The van der Waals surface area contributed by atoms with Crippen LogP contribution >= 0.6 is 12.4 Å². The number of benzene rings is 1. The Morgan fingerprint density at radius 1 is 1.00 bits per heavy atom. The Morgan fingerprint density at radius 3 is 2.37 bits per heavy atom. The molecule has 0 N–H and O–H groups in total. The molecule has 3 aliphatic rings. The average molecular weight is 436 g/mol. The zero-order valence-electron chi connectivity index (χ0n) is 17.9. The summed E-state index contributed by atoms with van der Waals surface area (Å²) in [5.41, 5.74) is 1.21. The van der Waals surface area contributed by atoms with Crippen LogP contribution in [0.25, 0.3) is 0 Å². The lowest BCUT2D eigenvalue weighted by atomic mass is 10.1. The smallest absolute Gasteiger partial charge is 0.232 e. The molecular formula is C23H34ClN3O3. The van der Waals surface area contributed by atoms with Crippen molar-refractivity contribution in [3.63, 3.8) is 0 Å². The van der Waals surface area contributed by atoms with Crippen LogP contribution in [0.3, 0.4) is 0 Å². The van der Waals surface area contributed by atoms with Crippen molar-refractivity contribution < 1.29 is 14.3 Å². The normalized spacial score (nSPS) is 23.2. The molecule has 2 aliphatic heterocycles. The van der Waals surface area contributed by atoms with E-state index in [0.717, 1.165) is 44.9 Å². The first-order valence-electron chi connectivity index (χ1n) is 11.2. The van der Waals surface area contributed by atoms with Gasteiger partial charge in [-0.25, -0.2) is 0 Å². The minimum atomic E-state index is -0.141. The number of ether oxygens (including phenoxy) is 1. The molecule has 1 aliphatic carbocycles. The molecule has 4 rings (SSSR count). The quantitative estimate of drug-likeness (QED) is 0.615. The van der Waals surface area contributed by atoms with Gasteiger partial charge in [0.1, 0.15) is 5.75 Å². The summed E-state index contributed by atoms with van der Waals surface area (Å²) in [6.45, 7) is 7.27. The number of nitrogens with zero attached hydrogens (tertiary/aromatic N) is 3. The van der Waals surface area contributed by atoms with E-state index in [1.165, 1.54) is 36.3 Å². The minimum absolute atomic E-state index is 0. The van der Waals surface area contributed by atoms with Crippen LogP contribution in [0, 0.1) is 5.92 Å². The number of likely N-dealkylation sites (tertiary alicyclic amines) is 1. The number of hydrogen-bond acceptors (Lipinski definition) is 5. The highest BCUT2D eigenvalue weighted by Gasteiger charge is 2.35. The van der Waals surface area contributed by atoms with Crippen molar-refractivity contribution in [2.24, 2.45) is 5.92 Å². The summed E-state index contributed by atoms with van der Waals surface area (Å²) < 4.78 is 6.31. The molecule has 1 aromatic carbocycles. The number of hydrogen-bond donors (Lipinski definition) is 0. The second-order valence-corrected chi connectivity index (χ2v) is 8.66. The van der Waals surface area contributed by atoms with Crippen LogP contribution < -0.4 is 9.64 Å². The van der Waals surface area contributed by atoms with Crippen LogP contribution in [-0.4, -0.2) is 67.0 Å². The number of carbonyl (C=O) groups excluding carboxylic acids is 2. The summed E-state index contributed by atoms with van der Waals surface area (Å²) in [6.07, 6.45) is 6.49. The van der Waals surface area contributed by atoms with E-state index in [9.17, 15) is 9.59 Å². The summed E-state index contributed by atoms with van der Waals surface area (Å²) in [4.78, 5) is 30.3. The average Bonchev–Trinajstić information content (AvgIpc) is 3.32. The standard InChI is InChI=1S/C23H33N3O3.ClH/c1-18-17-22(27)26(23(18)28)12-6-11-24-13-15-25(16-14-24)20-9-4-5-10-21(20)29-19-7-2-3-8-19;/h4-5,9-10,18-19H,2-3,6-8,11-17H2,1H3;1H. The molecule has 2 heterocycles. The van der Waals surface area contributed by atoms with Crippen LogP contribution in [0.2, 0.25) is 0 Å². The molecule has 1 saturated carbocycles. The fourth-order valence-corrected chi connectivity index (χ4v) is 4.75. The van der Waals surface area contributed by atoms with Crippen LogP contribution in [0.5, 0.6) is 5.75 Å². The maximum atomic E-state index is 12.0. The van der Waals surface area contributed by atoms with E-state index in [1.54, 1.807) is 0 Å². The Labute approximate surface area is 185 Å². The van der Waals surface area contributed by atoms with Crippen LogP contribution in [0.15, 0.2) is 24.3 Å². The third kappa shape index (κ3) is 5.27. The molecular weight excluding hydrogens is 402 g/mol. The molecule has 0 radical (unpaired) electrons. The Bertz CT molecular complexity index is 730. The number of halogens is 1. The maximum Gasteiger partial charge on any atom is 0.232 e. The fraction of sp³-hybridized carbons (Fsp3) is 0.652. The van der Waals surface area contributed by atoms with Gasteiger partial charge in [-0.2, -0.15) is 0 Å². The van der Waals surface area contributed by atoms with Gasteiger partial charge in [0.25, 0.3) is 0 Å². The predicted molar refractivity (Wildman–Crippen MR) is 120 cm³/mol. The molecule has 6 nitrogen and oxygen atoms in total. The SMILES string of the molecule is CC1CC(=O)N(CCCN2CCN(c3ccccc3OC3CCCC3)CC2)C1=O.Cl. The highest BCUT2D eigenvalue weighted by atomic mass is 35.5. The Balaban J connectivity index is 0.00000256. The van der Waals surface area contributed by atoms with Gasteiger partial charge in [-0.3, -0.25) is 19.4 Å². The van der Waals surface area contributed by atoms with Crippen molar-refractivity contribution >= 4 is 29.9 Å². The van der Waals surface area contributed by atoms with Crippen LogP contribution in [0.4, 0.5) is 5.69 Å². The van der Waals surface area contributed by atoms with E-state index in [0.29, 0.717) is 19.1 Å². The lowest BCUT2D eigenvalue weighted by Crippen LogP contribution is -2.47. The van der Waals surface area contributed by atoms with Crippen LogP contribution in [0.1, 0.15) is 45.4 Å². The van der Waals surface area contributed by atoms with Crippen molar-refractivity contribution in [2.75, 3.05) is 44.2 Å². The summed E-state index contributed by atoms with van der Waals surface area (Å²) >= 11 is 0. The number of amides is 2. The second-order valence-electron chi connectivity index (χ2n) is 8.66. The number of anilines is 1. The van der Waals surface area contributed by atoms with Gasteiger partial charge in [0, 0.05) is 45.1 Å². The molecule has 0 spiro atoms. The lowest BCUT2D eigenvalue weighted by Gasteiger charge is -2.37. The molecule has 30 heavy (non-hydrogen) atoms. The zero-order chi connectivity index (χ0) is 20.2. The number of piperazine rings is 1. The van der Waals surface area contributed by atoms with Gasteiger partial charge in [0.05, 0.1) is 11.8 Å². The van der Waals surface area contributed by atoms with Crippen molar-refractivity contribution in [1.29, 1.82) is 0 Å². The second kappa shape index (κ2) is 10.5. The Kier molecular flexibility index (Phi) is 8.00. The van der Waals surface area contributed by atoms with Gasteiger partial charge < -0.3 is 9.64 Å². The van der Waals surface area contributed by atoms with E-state index < -0.39 is 0 Å². The van der Waals surface area contributed by atoms with Crippen molar-refractivity contribution in [1.82, 2.24) is 9.80 Å². The van der Waals surface area contributed by atoms with E-state index >= 15 is 0 Å². The zero-order valence-corrected chi connectivity index (χ0v) is 18.7. The van der Waals surface area contributed by atoms with E-state index in [4.69, 9.17) is 4.74 Å². The monoisotopic (exact) mass is 435 g/mol. The largest absolute Gasteiger partial charge is 0.488 e. The molecule has 1 atom stereocenters. The summed E-state index contributed by atoms with van der Waals surface area (Å²) in [5, 5.41) is 0. The number of rotatable bonds is 7. The molecule has 3 fully saturated rings. The molecule has 0 bridgehead atoms. The summed E-state index contributed by atoms with van der Waals surface area (Å²) in [7, 11) is 0. The molecule has 1 aromatic rings. The lowest BCUT2D eigenvalue weighted by molar-refractivity contribution is -0.139. The number of carbonyl (C=O) groups is 2. The first-order valence-corrected chi connectivity index (χ1v) is 11.2. The van der Waals surface area contributed by atoms with Crippen molar-refractivity contribution in [3.05, 3.63) is 24.3 Å². The van der Waals surface area contributed by atoms with E-state index in [1.807, 2.05) is 6.92 Å². The topological polar surface area (TPSA) is 53.1 Å². The minimum Gasteiger partial charge on any atom is -0.488 e. The fourth-order valence-electron chi connectivity index (χ4n) is 4.75. The maximum absolute atomic E-state index is 12.0. The molecule has 2 amide bonds. The third-order valence-electron chi connectivity index (χ3n) is 6.50. The Morgan fingerprint density at radius 2 is 1.70 bits per heavy atom. The number of imide groups is 1.